The van der Waals surface area contributed by atoms with Crippen LogP contribution in [0.3, 0.4) is 0 Å². The van der Waals surface area contributed by atoms with Crippen molar-refractivity contribution in [2.24, 2.45) is 0 Å². The van der Waals surface area contributed by atoms with Crippen molar-refractivity contribution in [3.05, 3.63) is 11.5 Å². The lowest BCUT2D eigenvalue weighted by Crippen LogP contribution is -2.53. The van der Waals surface area contributed by atoms with Gasteiger partial charge in [0.05, 0.1) is 5.75 Å². The molecule has 15 heavy (non-hydrogen) atoms. The summed E-state index contributed by atoms with van der Waals surface area (Å²) in [6.07, 6.45) is 2.92. The molecule has 1 N–H and O–H groups in total. The second-order valence-electron chi connectivity index (χ2n) is 4.28. The number of rotatable bonds is 2. The van der Waals surface area contributed by atoms with Crippen molar-refractivity contribution in [1.29, 1.82) is 0 Å². The Morgan fingerprint density at radius 2 is 2.33 bits per heavy atom. The van der Waals surface area contributed by atoms with Crippen LogP contribution < -0.4 is 5.32 Å². The molecule has 1 saturated heterocycles. The summed E-state index contributed by atoms with van der Waals surface area (Å²) in [5.74, 6) is 0.267. The Kier molecular flexibility index (Phi) is 3.13. The van der Waals surface area contributed by atoms with E-state index in [1.165, 1.54) is 5.41 Å². The van der Waals surface area contributed by atoms with Crippen LogP contribution in [0.1, 0.15) is 13.3 Å². The van der Waals surface area contributed by atoms with Crippen LogP contribution in [0.15, 0.2) is 11.5 Å². The van der Waals surface area contributed by atoms with E-state index in [-0.39, 0.29) is 11.8 Å². The van der Waals surface area contributed by atoms with Gasteiger partial charge in [0.2, 0.25) is 0 Å². The predicted octanol–water partition coefficient (Wildman–Crippen LogP) is -0.0191. The molecule has 5 heteroatoms. The van der Waals surface area contributed by atoms with Crippen molar-refractivity contribution in [1.82, 2.24) is 10.2 Å². The molecule has 0 aromatic rings. The molecule has 0 radical (unpaired) electrons. The standard InChI is InChI=1S/C10H18N2O2S/c1-2-9-7-12(5-4-11-9)10-3-6-15(13,14)8-10/h3,6,9-11H,2,4-5,7-8H2,1H3. The van der Waals surface area contributed by atoms with Gasteiger partial charge in [-0.1, -0.05) is 13.0 Å². The van der Waals surface area contributed by atoms with Crippen LogP contribution in [-0.4, -0.2) is 50.8 Å². The van der Waals surface area contributed by atoms with Crippen molar-refractivity contribution >= 4 is 9.84 Å². The van der Waals surface area contributed by atoms with Crippen LogP contribution in [0, 0.1) is 0 Å². The van der Waals surface area contributed by atoms with Gasteiger partial charge in [-0.2, -0.15) is 0 Å². The first-order valence-electron chi connectivity index (χ1n) is 5.49. The lowest BCUT2D eigenvalue weighted by Gasteiger charge is -2.36. The third-order valence-corrected chi connectivity index (χ3v) is 4.54. The molecule has 2 rings (SSSR count). The van der Waals surface area contributed by atoms with Crippen LogP contribution in [0.25, 0.3) is 0 Å². The molecule has 0 aromatic heterocycles. The first-order valence-corrected chi connectivity index (χ1v) is 7.20. The molecule has 2 aliphatic heterocycles. The zero-order valence-electron chi connectivity index (χ0n) is 9.02. The van der Waals surface area contributed by atoms with Crippen molar-refractivity contribution in [3.8, 4) is 0 Å². The van der Waals surface area contributed by atoms with Gasteiger partial charge in [-0.05, 0) is 6.42 Å². The van der Waals surface area contributed by atoms with E-state index >= 15 is 0 Å². The Balaban J connectivity index is 1.98. The van der Waals surface area contributed by atoms with Crippen LogP contribution in [0.5, 0.6) is 0 Å². The predicted molar refractivity (Wildman–Crippen MR) is 60.4 cm³/mol. The van der Waals surface area contributed by atoms with Crippen molar-refractivity contribution in [3.63, 3.8) is 0 Å². The molecule has 0 aliphatic carbocycles. The number of sulfone groups is 1. The minimum atomic E-state index is -2.91. The van der Waals surface area contributed by atoms with Crippen molar-refractivity contribution < 1.29 is 8.42 Å². The van der Waals surface area contributed by atoms with E-state index in [0.717, 1.165) is 26.1 Å². The normalized spacial score (nSPS) is 35.8. The van der Waals surface area contributed by atoms with Gasteiger partial charge < -0.3 is 5.32 Å². The fourth-order valence-corrected chi connectivity index (χ4v) is 3.54. The number of hydrogen-bond acceptors (Lipinski definition) is 4. The number of nitrogens with one attached hydrogen (secondary N) is 1. The summed E-state index contributed by atoms with van der Waals surface area (Å²) in [4.78, 5) is 2.27. The summed E-state index contributed by atoms with van der Waals surface area (Å²) in [5, 5.41) is 4.79. The van der Waals surface area contributed by atoms with E-state index < -0.39 is 9.84 Å². The van der Waals surface area contributed by atoms with Crippen LogP contribution in [0.4, 0.5) is 0 Å². The summed E-state index contributed by atoms with van der Waals surface area (Å²) in [7, 11) is -2.91. The molecule has 2 aliphatic rings. The largest absolute Gasteiger partial charge is 0.311 e. The van der Waals surface area contributed by atoms with Crippen molar-refractivity contribution in [2.75, 3.05) is 25.4 Å². The summed E-state index contributed by atoms with van der Waals surface area (Å²) in [5.41, 5.74) is 0. The average Bonchev–Trinajstić information content (AvgIpc) is 2.59. The third-order valence-electron chi connectivity index (χ3n) is 3.16. The zero-order chi connectivity index (χ0) is 10.9. The Bertz CT molecular complexity index is 350. The van der Waals surface area contributed by atoms with E-state index in [0.29, 0.717) is 6.04 Å². The second-order valence-corrected chi connectivity index (χ2v) is 6.21. The molecule has 0 amide bonds. The average molecular weight is 230 g/mol. The minimum absolute atomic E-state index is 0.103. The Hall–Kier alpha value is -0.390. The van der Waals surface area contributed by atoms with Gasteiger partial charge in [0.15, 0.2) is 9.84 Å². The summed E-state index contributed by atoms with van der Waals surface area (Å²) in [6, 6.07) is 0.613. The van der Waals surface area contributed by atoms with Crippen LogP contribution in [0.2, 0.25) is 0 Å². The van der Waals surface area contributed by atoms with E-state index in [2.05, 4.69) is 17.1 Å². The Morgan fingerprint density at radius 3 is 2.93 bits per heavy atom. The Morgan fingerprint density at radius 1 is 1.53 bits per heavy atom. The van der Waals surface area contributed by atoms with Crippen LogP contribution in [-0.2, 0) is 9.84 Å². The number of nitrogens with zero attached hydrogens (tertiary/aromatic N) is 1. The Labute approximate surface area is 91.3 Å². The van der Waals surface area contributed by atoms with Crippen molar-refractivity contribution in [2.45, 2.75) is 25.4 Å². The van der Waals surface area contributed by atoms with E-state index in [1.807, 2.05) is 6.08 Å². The van der Waals surface area contributed by atoms with E-state index in [4.69, 9.17) is 0 Å². The molecule has 1 fully saturated rings. The highest BCUT2D eigenvalue weighted by atomic mass is 32.2. The monoisotopic (exact) mass is 230 g/mol. The smallest absolute Gasteiger partial charge is 0.173 e. The van der Waals surface area contributed by atoms with Gasteiger partial charge in [-0.25, -0.2) is 8.42 Å². The molecular formula is C10H18N2O2S. The molecule has 0 saturated carbocycles. The maximum atomic E-state index is 11.3. The SMILES string of the molecule is CCC1CN(C2C=CS(=O)(=O)C2)CCN1. The number of hydrogen-bond donors (Lipinski definition) is 1. The molecule has 4 nitrogen and oxygen atoms in total. The van der Waals surface area contributed by atoms with Gasteiger partial charge in [-0.15, -0.1) is 0 Å². The quantitative estimate of drug-likeness (QED) is 0.724. The molecular weight excluding hydrogens is 212 g/mol. The fourth-order valence-electron chi connectivity index (χ4n) is 2.21. The highest BCUT2D eigenvalue weighted by molar-refractivity contribution is 7.94. The number of piperazine rings is 1. The summed E-state index contributed by atoms with van der Waals surface area (Å²) in [6.45, 7) is 5.02. The maximum absolute atomic E-state index is 11.3. The summed E-state index contributed by atoms with van der Waals surface area (Å²) >= 11 is 0. The zero-order valence-corrected chi connectivity index (χ0v) is 9.83. The van der Waals surface area contributed by atoms with Gasteiger partial charge >= 0.3 is 0 Å². The molecule has 0 spiro atoms. The minimum Gasteiger partial charge on any atom is -0.311 e. The first kappa shape index (κ1) is 11.1. The van der Waals surface area contributed by atoms with Gasteiger partial charge in [0.1, 0.15) is 0 Å². The lowest BCUT2D eigenvalue weighted by molar-refractivity contribution is 0.176. The molecule has 2 unspecified atom stereocenters. The second kappa shape index (κ2) is 4.23. The van der Waals surface area contributed by atoms with Gasteiger partial charge in [-0.3, -0.25) is 4.90 Å². The lowest BCUT2D eigenvalue weighted by atomic mass is 10.1. The first-order chi connectivity index (χ1) is 7.11. The molecule has 0 aromatic carbocycles. The van der Waals surface area contributed by atoms with E-state index in [1.54, 1.807) is 0 Å². The topological polar surface area (TPSA) is 49.4 Å². The maximum Gasteiger partial charge on any atom is 0.173 e. The highest BCUT2D eigenvalue weighted by Crippen LogP contribution is 2.16. The van der Waals surface area contributed by atoms with Gasteiger partial charge in [0.25, 0.3) is 0 Å². The van der Waals surface area contributed by atoms with Gasteiger partial charge in [0, 0.05) is 37.1 Å². The molecule has 2 heterocycles. The van der Waals surface area contributed by atoms with E-state index in [9.17, 15) is 8.42 Å². The highest BCUT2D eigenvalue weighted by Gasteiger charge is 2.29. The summed E-state index contributed by atoms with van der Waals surface area (Å²) < 4.78 is 22.6. The van der Waals surface area contributed by atoms with Crippen LogP contribution >= 0.6 is 0 Å². The molecule has 2 atom stereocenters. The molecule has 86 valence electrons. The third kappa shape index (κ3) is 2.59. The fraction of sp³-hybridized carbons (Fsp3) is 0.800. The molecule has 0 bridgehead atoms.